The van der Waals surface area contributed by atoms with Crippen LogP contribution in [-0.2, 0) is 0 Å². The Bertz CT molecular complexity index is 949. The summed E-state index contributed by atoms with van der Waals surface area (Å²) in [7, 11) is 0. The number of H-pyrrole nitrogens is 1. The zero-order valence-corrected chi connectivity index (χ0v) is 13.4. The number of hydrazone groups is 1. The van der Waals surface area contributed by atoms with E-state index in [4.69, 9.17) is 4.74 Å². The molecule has 122 valence electrons. The number of ether oxygens (including phenoxy) is 1. The third kappa shape index (κ3) is 3.24. The van der Waals surface area contributed by atoms with Crippen molar-refractivity contribution >= 4 is 22.8 Å². The van der Waals surface area contributed by atoms with Crippen LogP contribution >= 0.6 is 0 Å². The molecule has 0 atom stereocenters. The SMILES string of the molecule is CCOc1ccc2ccccc2c1/C=N\Nc1nc(=O)[nH]nc1C. The summed E-state index contributed by atoms with van der Waals surface area (Å²) in [4.78, 5) is 15.0. The van der Waals surface area contributed by atoms with E-state index in [2.05, 4.69) is 25.7 Å². The van der Waals surface area contributed by atoms with Crippen LogP contribution in [0.15, 0.2) is 46.3 Å². The minimum Gasteiger partial charge on any atom is -0.493 e. The molecule has 0 unspecified atom stereocenters. The van der Waals surface area contributed by atoms with Gasteiger partial charge >= 0.3 is 5.69 Å². The Morgan fingerprint density at radius 3 is 2.96 bits per heavy atom. The topological polar surface area (TPSA) is 92.3 Å². The van der Waals surface area contributed by atoms with Crippen molar-refractivity contribution in [2.45, 2.75) is 13.8 Å². The van der Waals surface area contributed by atoms with Crippen LogP contribution < -0.4 is 15.9 Å². The van der Waals surface area contributed by atoms with E-state index >= 15 is 0 Å². The molecule has 0 spiro atoms. The minimum absolute atomic E-state index is 0.313. The minimum atomic E-state index is -0.529. The summed E-state index contributed by atoms with van der Waals surface area (Å²) >= 11 is 0. The van der Waals surface area contributed by atoms with Crippen molar-refractivity contribution in [1.29, 1.82) is 0 Å². The van der Waals surface area contributed by atoms with Gasteiger partial charge in [0.15, 0.2) is 5.82 Å². The molecule has 24 heavy (non-hydrogen) atoms. The van der Waals surface area contributed by atoms with Crippen LogP contribution in [0.4, 0.5) is 5.82 Å². The molecule has 0 aliphatic carbocycles. The molecule has 0 radical (unpaired) electrons. The molecule has 0 aliphatic rings. The Balaban J connectivity index is 1.97. The fourth-order valence-electron chi connectivity index (χ4n) is 2.35. The highest BCUT2D eigenvalue weighted by atomic mass is 16.5. The van der Waals surface area contributed by atoms with Gasteiger partial charge < -0.3 is 4.74 Å². The Morgan fingerprint density at radius 1 is 1.29 bits per heavy atom. The van der Waals surface area contributed by atoms with Crippen molar-refractivity contribution in [2.24, 2.45) is 5.10 Å². The molecule has 1 heterocycles. The van der Waals surface area contributed by atoms with Crippen molar-refractivity contribution < 1.29 is 4.74 Å². The number of aryl methyl sites for hydroxylation is 1. The van der Waals surface area contributed by atoms with Crippen molar-refractivity contribution in [3.05, 3.63) is 58.1 Å². The molecule has 0 saturated heterocycles. The molecular formula is C17H17N5O2. The van der Waals surface area contributed by atoms with Crippen LogP contribution in [0.25, 0.3) is 10.8 Å². The highest BCUT2D eigenvalue weighted by molar-refractivity contribution is 6.02. The van der Waals surface area contributed by atoms with Crippen molar-refractivity contribution in [3.8, 4) is 5.75 Å². The molecule has 0 fully saturated rings. The van der Waals surface area contributed by atoms with Crippen LogP contribution in [0.5, 0.6) is 5.75 Å². The van der Waals surface area contributed by atoms with E-state index in [0.29, 0.717) is 18.1 Å². The Labute approximate surface area is 138 Å². The van der Waals surface area contributed by atoms with Gasteiger partial charge in [0.05, 0.1) is 12.8 Å². The lowest BCUT2D eigenvalue weighted by atomic mass is 10.0. The van der Waals surface area contributed by atoms with Crippen LogP contribution in [0.3, 0.4) is 0 Å². The second-order valence-corrected chi connectivity index (χ2v) is 5.08. The molecule has 3 aromatic rings. The molecule has 7 heteroatoms. The summed E-state index contributed by atoms with van der Waals surface area (Å²) in [6.07, 6.45) is 1.66. The van der Waals surface area contributed by atoms with Gasteiger partial charge in [-0.15, -0.1) is 0 Å². The van der Waals surface area contributed by atoms with Crippen molar-refractivity contribution in [1.82, 2.24) is 15.2 Å². The van der Waals surface area contributed by atoms with E-state index in [0.717, 1.165) is 22.1 Å². The molecule has 3 rings (SSSR count). The lowest BCUT2D eigenvalue weighted by Gasteiger charge is -2.10. The summed E-state index contributed by atoms with van der Waals surface area (Å²) < 4.78 is 5.69. The van der Waals surface area contributed by atoms with E-state index in [1.807, 2.05) is 43.3 Å². The van der Waals surface area contributed by atoms with Gasteiger partial charge in [0, 0.05) is 5.56 Å². The van der Waals surface area contributed by atoms with Crippen LogP contribution in [0.2, 0.25) is 0 Å². The lowest BCUT2D eigenvalue weighted by molar-refractivity contribution is 0.340. The number of hydrogen-bond acceptors (Lipinski definition) is 6. The van der Waals surface area contributed by atoms with Crippen LogP contribution in [-0.4, -0.2) is 28.0 Å². The molecule has 0 bridgehead atoms. The summed E-state index contributed by atoms with van der Waals surface area (Å²) in [5.41, 5.74) is 3.64. The van der Waals surface area contributed by atoms with Gasteiger partial charge in [-0.25, -0.2) is 9.89 Å². The molecule has 1 aromatic heterocycles. The molecule has 2 N–H and O–H groups in total. The smallest absolute Gasteiger partial charge is 0.363 e. The first-order chi connectivity index (χ1) is 11.7. The Morgan fingerprint density at radius 2 is 2.12 bits per heavy atom. The number of benzene rings is 2. The lowest BCUT2D eigenvalue weighted by Crippen LogP contribution is -2.15. The van der Waals surface area contributed by atoms with Gasteiger partial charge in [0.1, 0.15) is 11.4 Å². The molecule has 0 aliphatic heterocycles. The van der Waals surface area contributed by atoms with Gasteiger partial charge in [-0.2, -0.15) is 15.2 Å². The van der Waals surface area contributed by atoms with Crippen LogP contribution in [0.1, 0.15) is 18.2 Å². The number of aromatic amines is 1. The average Bonchev–Trinajstić information content (AvgIpc) is 2.59. The van der Waals surface area contributed by atoms with Gasteiger partial charge in [0.25, 0.3) is 0 Å². The molecule has 0 amide bonds. The second-order valence-electron chi connectivity index (χ2n) is 5.08. The number of nitrogens with one attached hydrogen (secondary N) is 2. The molecule has 7 nitrogen and oxygen atoms in total. The zero-order chi connectivity index (χ0) is 16.9. The molecule has 0 saturated carbocycles. The molecular weight excluding hydrogens is 306 g/mol. The van der Waals surface area contributed by atoms with E-state index in [1.54, 1.807) is 13.1 Å². The van der Waals surface area contributed by atoms with E-state index in [9.17, 15) is 4.79 Å². The fraction of sp³-hybridized carbons (Fsp3) is 0.176. The summed E-state index contributed by atoms with van der Waals surface area (Å²) in [6.45, 7) is 4.22. The number of anilines is 1. The summed E-state index contributed by atoms with van der Waals surface area (Å²) in [5.74, 6) is 1.06. The predicted octanol–water partition coefficient (Wildman–Crippen LogP) is 2.47. The van der Waals surface area contributed by atoms with Gasteiger partial charge in [-0.1, -0.05) is 30.3 Å². The first kappa shape index (κ1) is 15.7. The first-order valence-corrected chi connectivity index (χ1v) is 7.56. The number of aromatic nitrogens is 3. The third-order valence-corrected chi connectivity index (χ3v) is 3.47. The summed E-state index contributed by atoms with van der Waals surface area (Å²) in [6, 6.07) is 11.9. The number of rotatable bonds is 5. The second kappa shape index (κ2) is 6.91. The molecule has 2 aromatic carbocycles. The van der Waals surface area contributed by atoms with Gasteiger partial charge in [-0.3, -0.25) is 5.43 Å². The monoisotopic (exact) mass is 323 g/mol. The number of nitrogens with zero attached hydrogens (tertiary/aromatic N) is 3. The highest BCUT2D eigenvalue weighted by Crippen LogP contribution is 2.26. The highest BCUT2D eigenvalue weighted by Gasteiger charge is 2.07. The maximum Gasteiger partial charge on any atom is 0.363 e. The van der Waals surface area contributed by atoms with Crippen LogP contribution in [0, 0.1) is 6.92 Å². The fourth-order valence-corrected chi connectivity index (χ4v) is 2.35. The predicted molar refractivity (Wildman–Crippen MR) is 93.7 cm³/mol. The van der Waals surface area contributed by atoms with E-state index in [-0.39, 0.29) is 0 Å². The van der Waals surface area contributed by atoms with Crippen molar-refractivity contribution in [3.63, 3.8) is 0 Å². The zero-order valence-electron chi connectivity index (χ0n) is 13.4. The van der Waals surface area contributed by atoms with Gasteiger partial charge in [-0.05, 0) is 30.7 Å². The Kier molecular flexibility index (Phi) is 4.51. The van der Waals surface area contributed by atoms with E-state index in [1.165, 1.54) is 0 Å². The standard InChI is InChI=1S/C17H17N5O2/c1-3-24-15-9-8-12-6-4-5-7-13(12)14(15)10-18-21-16-11(2)20-22-17(23)19-16/h4-10H,3H2,1-2H3,(H2,19,21,22,23)/b18-10-. The summed E-state index contributed by atoms with van der Waals surface area (Å²) in [5, 5.41) is 12.4. The largest absolute Gasteiger partial charge is 0.493 e. The maximum atomic E-state index is 11.2. The Hall–Kier alpha value is -3.22. The van der Waals surface area contributed by atoms with Crippen molar-refractivity contribution in [2.75, 3.05) is 12.0 Å². The first-order valence-electron chi connectivity index (χ1n) is 7.56. The average molecular weight is 323 g/mol. The van der Waals surface area contributed by atoms with E-state index < -0.39 is 5.69 Å². The normalized spacial score (nSPS) is 11.1. The number of hydrogen-bond donors (Lipinski definition) is 2. The maximum absolute atomic E-state index is 11.2. The van der Waals surface area contributed by atoms with Gasteiger partial charge in [0.2, 0.25) is 0 Å². The quantitative estimate of drug-likeness (QED) is 0.556. The number of fused-ring (bicyclic) bond motifs is 1. The third-order valence-electron chi connectivity index (χ3n) is 3.47.